The predicted octanol–water partition coefficient (Wildman–Crippen LogP) is 2.91. The van der Waals surface area contributed by atoms with Crippen molar-refractivity contribution in [3.05, 3.63) is 24.3 Å². The van der Waals surface area contributed by atoms with E-state index in [2.05, 4.69) is 0 Å². The van der Waals surface area contributed by atoms with Gasteiger partial charge in [-0.2, -0.15) is 0 Å². The van der Waals surface area contributed by atoms with E-state index < -0.39 is 11.7 Å². The van der Waals surface area contributed by atoms with Crippen LogP contribution >= 0.6 is 0 Å². The van der Waals surface area contributed by atoms with E-state index in [1.165, 1.54) is 0 Å². The summed E-state index contributed by atoms with van der Waals surface area (Å²) < 4.78 is 11.2. The Morgan fingerprint density at radius 3 is 2.67 bits per heavy atom. The smallest absolute Gasteiger partial charge is 0.311 e. The van der Waals surface area contributed by atoms with Crippen LogP contribution in [-0.4, -0.2) is 53.0 Å². The molecule has 0 unspecified atom stereocenters. The summed E-state index contributed by atoms with van der Waals surface area (Å²) in [6.45, 7) is 7.60. The molecule has 0 N–H and O–H groups in total. The van der Waals surface area contributed by atoms with Crippen LogP contribution in [0.15, 0.2) is 24.3 Å². The van der Waals surface area contributed by atoms with Crippen LogP contribution in [0.3, 0.4) is 0 Å². The highest BCUT2D eigenvalue weighted by molar-refractivity contribution is 6.00. The molecule has 3 aliphatic rings. The van der Waals surface area contributed by atoms with Crippen molar-refractivity contribution in [1.82, 2.24) is 4.90 Å². The summed E-state index contributed by atoms with van der Waals surface area (Å²) in [7, 11) is 0. The maximum atomic E-state index is 13.1. The molecule has 2 fully saturated rings. The zero-order valence-corrected chi connectivity index (χ0v) is 18.1. The van der Waals surface area contributed by atoms with Gasteiger partial charge >= 0.3 is 5.97 Å². The topological polar surface area (TPSA) is 76.2 Å². The molecule has 3 aliphatic heterocycles. The maximum absolute atomic E-state index is 13.1. The molecule has 2 amide bonds. The summed E-state index contributed by atoms with van der Waals surface area (Å²) in [5, 5.41) is 0. The van der Waals surface area contributed by atoms with Crippen LogP contribution in [0, 0.1) is 5.92 Å². The molecular formula is C23H30N2O5. The third-order valence-corrected chi connectivity index (χ3v) is 6.16. The van der Waals surface area contributed by atoms with Gasteiger partial charge in [-0.25, -0.2) is 0 Å². The normalized spacial score (nSPS) is 27.7. The number of anilines is 1. The van der Waals surface area contributed by atoms with Gasteiger partial charge in [0, 0.05) is 25.0 Å². The van der Waals surface area contributed by atoms with Crippen molar-refractivity contribution in [2.75, 3.05) is 11.4 Å². The minimum absolute atomic E-state index is 0.00187. The number of carbonyl (C=O) groups excluding carboxylic acids is 3. The Kier molecular flexibility index (Phi) is 5.24. The van der Waals surface area contributed by atoms with Gasteiger partial charge in [-0.3, -0.25) is 14.4 Å². The Hall–Kier alpha value is -2.57. The average molecular weight is 415 g/mol. The van der Waals surface area contributed by atoms with Crippen molar-refractivity contribution < 1.29 is 23.9 Å². The second-order valence-electron chi connectivity index (χ2n) is 9.44. The van der Waals surface area contributed by atoms with Crippen molar-refractivity contribution in [2.24, 2.45) is 5.92 Å². The van der Waals surface area contributed by atoms with Crippen LogP contribution in [0.25, 0.3) is 0 Å². The Morgan fingerprint density at radius 2 is 1.93 bits per heavy atom. The lowest BCUT2D eigenvalue weighted by Crippen LogP contribution is -2.46. The van der Waals surface area contributed by atoms with Crippen molar-refractivity contribution in [3.63, 3.8) is 0 Å². The monoisotopic (exact) mass is 414 g/mol. The van der Waals surface area contributed by atoms with Crippen molar-refractivity contribution in [1.29, 1.82) is 0 Å². The van der Waals surface area contributed by atoms with Gasteiger partial charge in [-0.1, -0.05) is 12.1 Å². The van der Waals surface area contributed by atoms with E-state index in [-0.39, 0.29) is 42.2 Å². The van der Waals surface area contributed by atoms with Gasteiger partial charge in [-0.05, 0) is 59.1 Å². The van der Waals surface area contributed by atoms with Gasteiger partial charge in [0.05, 0.1) is 11.6 Å². The molecule has 0 saturated carbocycles. The van der Waals surface area contributed by atoms with Crippen molar-refractivity contribution in [2.45, 2.75) is 77.2 Å². The first-order valence-corrected chi connectivity index (χ1v) is 10.8. The van der Waals surface area contributed by atoms with Gasteiger partial charge in [0.15, 0.2) is 6.10 Å². The fourth-order valence-corrected chi connectivity index (χ4v) is 4.93. The standard InChI is InChI=1S/C23H30N2O5/c1-14-21(27)24(18-7-5-6-8-19(18)29-14)12-11-20(26)25-15-9-10-17(25)16(13-15)22(28)30-23(2,3)4/h5-8,14-17H,9-13H2,1-4H3/t14-,15+,16+,17+/m1/s1. The van der Waals surface area contributed by atoms with Crippen molar-refractivity contribution in [3.8, 4) is 5.75 Å². The molecule has 0 spiro atoms. The summed E-state index contributed by atoms with van der Waals surface area (Å²) in [4.78, 5) is 41.9. The fraction of sp³-hybridized carbons (Fsp3) is 0.609. The predicted molar refractivity (Wildman–Crippen MR) is 111 cm³/mol. The number of fused-ring (bicyclic) bond motifs is 3. The van der Waals surface area contributed by atoms with Gasteiger partial charge in [0.2, 0.25) is 5.91 Å². The molecule has 1 aromatic carbocycles. The summed E-state index contributed by atoms with van der Waals surface area (Å²) in [6.07, 6.45) is 2.07. The average Bonchev–Trinajstić information content (AvgIpc) is 3.25. The number of carbonyl (C=O) groups is 3. The molecule has 30 heavy (non-hydrogen) atoms. The van der Waals surface area contributed by atoms with Crippen LogP contribution in [0.5, 0.6) is 5.75 Å². The summed E-state index contributed by atoms with van der Waals surface area (Å²) >= 11 is 0. The number of hydrogen-bond donors (Lipinski definition) is 0. The molecule has 2 saturated heterocycles. The van der Waals surface area contributed by atoms with Gasteiger partial charge in [0.1, 0.15) is 11.4 Å². The maximum Gasteiger partial charge on any atom is 0.311 e. The first-order chi connectivity index (χ1) is 14.2. The molecule has 7 heteroatoms. The summed E-state index contributed by atoms with van der Waals surface area (Å²) in [5.74, 6) is 0.0510. The van der Waals surface area contributed by atoms with Crippen molar-refractivity contribution >= 4 is 23.5 Å². The number of benzene rings is 1. The molecular weight excluding hydrogens is 384 g/mol. The number of hydrogen-bond acceptors (Lipinski definition) is 5. The number of amides is 2. The highest BCUT2D eigenvalue weighted by Gasteiger charge is 2.52. The molecule has 3 heterocycles. The van der Waals surface area contributed by atoms with Crippen LogP contribution in [0.4, 0.5) is 5.69 Å². The quantitative estimate of drug-likeness (QED) is 0.708. The first kappa shape index (κ1) is 20.7. The summed E-state index contributed by atoms with van der Waals surface area (Å²) in [6, 6.07) is 7.38. The number of rotatable bonds is 4. The van der Waals surface area contributed by atoms with E-state index in [1.807, 2.05) is 49.9 Å². The lowest BCUT2D eigenvalue weighted by Gasteiger charge is -2.33. The number of para-hydroxylation sites is 2. The highest BCUT2D eigenvalue weighted by Crippen LogP contribution is 2.43. The molecule has 0 aliphatic carbocycles. The molecule has 7 nitrogen and oxygen atoms in total. The van der Waals surface area contributed by atoms with E-state index in [4.69, 9.17) is 9.47 Å². The minimum Gasteiger partial charge on any atom is -0.479 e. The van der Waals surface area contributed by atoms with E-state index in [1.54, 1.807) is 11.8 Å². The van der Waals surface area contributed by atoms with Crippen LogP contribution < -0.4 is 9.64 Å². The van der Waals surface area contributed by atoms with Gasteiger partial charge in [0.25, 0.3) is 5.91 Å². The second-order valence-corrected chi connectivity index (χ2v) is 9.44. The van der Waals surface area contributed by atoms with Crippen LogP contribution in [-0.2, 0) is 19.1 Å². The summed E-state index contributed by atoms with van der Waals surface area (Å²) in [5.41, 5.74) is 0.165. The van der Waals surface area contributed by atoms with E-state index in [0.717, 1.165) is 12.8 Å². The number of ether oxygens (including phenoxy) is 2. The van der Waals surface area contributed by atoms with Crippen LogP contribution in [0.1, 0.15) is 53.4 Å². The van der Waals surface area contributed by atoms with E-state index in [0.29, 0.717) is 24.4 Å². The Bertz CT molecular complexity index is 861. The second kappa shape index (κ2) is 7.60. The van der Waals surface area contributed by atoms with Gasteiger partial charge < -0.3 is 19.3 Å². The fourth-order valence-electron chi connectivity index (χ4n) is 4.93. The molecule has 4 atom stereocenters. The third-order valence-electron chi connectivity index (χ3n) is 6.16. The molecule has 1 aromatic rings. The van der Waals surface area contributed by atoms with Gasteiger partial charge in [-0.15, -0.1) is 0 Å². The number of nitrogens with zero attached hydrogens (tertiary/aromatic N) is 2. The molecule has 2 bridgehead atoms. The molecule has 0 radical (unpaired) electrons. The van der Waals surface area contributed by atoms with E-state index in [9.17, 15) is 14.4 Å². The highest BCUT2D eigenvalue weighted by atomic mass is 16.6. The molecule has 4 rings (SSSR count). The zero-order valence-electron chi connectivity index (χ0n) is 18.1. The largest absolute Gasteiger partial charge is 0.479 e. The Morgan fingerprint density at radius 1 is 1.20 bits per heavy atom. The molecule has 0 aromatic heterocycles. The Balaban J connectivity index is 1.43. The first-order valence-electron chi connectivity index (χ1n) is 10.8. The lowest BCUT2D eigenvalue weighted by atomic mass is 9.89. The lowest BCUT2D eigenvalue weighted by molar-refractivity contribution is -0.161. The van der Waals surface area contributed by atoms with E-state index >= 15 is 0 Å². The number of esters is 1. The SMILES string of the molecule is C[C@H]1Oc2ccccc2N(CCC(=O)N2[C@H]3CC[C@H]2[C@@H](C(=O)OC(C)(C)C)C3)C1=O. The molecule has 162 valence electrons. The van der Waals surface area contributed by atoms with Crippen LogP contribution in [0.2, 0.25) is 0 Å². The third kappa shape index (κ3) is 3.77. The Labute approximate surface area is 177 Å². The minimum atomic E-state index is -0.575. The zero-order chi connectivity index (χ0) is 21.6.